The number of thioether (sulfide) groups is 1. The van der Waals surface area contributed by atoms with Gasteiger partial charge in [-0.25, -0.2) is 0 Å². The molecule has 0 radical (unpaired) electrons. The molecule has 2 N–H and O–H groups in total. The molecule has 0 aliphatic heterocycles. The first-order valence-electron chi connectivity index (χ1n) is 7.74. The van der Waals surface area contributed by atoms with Gasteiger partial charge in [0.1, 0.15) is 5.01 Å². The van der Waals surface area contributed by atoms with Crippen LogP contribution in [-0.4, -0.2) is 27.3 Å². The molecule has 0 bridgehead atoms. The number of nitrogens with one attached hydrogen (secondary N) is 2. The molecule has 0 aliphatic carbocycles. The predicted molar refractivity (Wildman–Crippen MR) is 102 cm³/mol. The third-order valence-electron chi connectivity index (χ3n) is 3.28. The van der Waals surface area contributed by atoms with Crippen LogP contribution >= 0.6 is 23.1 Å². The summed E-state index contributed by atoms with van der Waals surface area (Å²) in [7, 11) is 0. The van der Waals surface area contributed by atoms with Crippen LogP contribution in [0.2, 0.25) is 0 Å². The maximum absolute atomic E-state index is 12.3. The fraction of sp³-hybridized carbons (Fsp3) is 0.176. The summed E-state index contributed by atoms with van der Waals surface area (Å²) in [5, 5.41) is 14.2. The lowest BCUT2D eigenvalue weighted by Crippen LogP contribution is -2.22. The number of amides is 2. The van der Waals surface area contributed by atoms with Crippen molar-refractivity contribution in [1.82, 2.24) is 10.2 Å². The van der Waals surface area contributed by atoms with E-state index in [-0.39, 0.29) is 22.8 Å². The Hall–Kier alpha value is -2.65. The number of carbonyl (C=O) groups excluding carboxylic acids is 2. The summed E-state index contributed by atoms with van der Waals surface area (Å²) >= 11 is 2.71. The van der Waals surface area contributed by atoms with Gasteiger partial charge < -0.3 is 9.73 Å². The highest BCUT2D eigenvalue weighted by atomic mass is 32.2. The van der Waals surface area contributed by atoms with Gasteiger partial charge in [0, 0.05) is 10.6 Å². The van der Waals surface area contributed by atoms with Crippen molar-refractivity contribution in [2.75, 3.05) is 10.6 Å². The number of aromatic nitrogens is 2. The van der Waals surface area contributed by atoms with Crippen molar-refractivity contribution in [2.24, 2.45) is 0 Å². The topological polar surface area (TPSA) is 97.1 Å². The highest BCUT2D eigenvalue weighted by Gasteiger charge is 2.17. The average Bonchev–Trinajstić information content (AvgIpc) is 3.27. The smallest absolute Gasteiger partial charge is 0.291 e. The molecule has 2 amide bonds. The normalized spacial score (nSPS) is 11.8. The Morgan fingerprint density at radius 1 is 1.19 bits per heavy atom. The third kappa shape index (κ3) is 4.70. The van der Waals surface area contributed by atoms with Crippen LogP contribution in [0.5, 0.6) is 0 Å². The maximum Gasteiger partial charge on any atom is 0.291 e. The number of hydrogen-bond donors (Lipinski definition) is 2. The summed E-state index contributed by atoms with van der Waals surface area (Å²) in [6.45, 7) is 3.63. The Bertz CT molecular complexity index is 908. The Balaban J connectivity index is 1.60. The summed E-state index contributed by atoms with van der Waals surface area (Å²) in [5.41, 5.74) is 0.628. The number of benzene rings is 1. The van der Waals surface area contributed by atoms with Crippen LogP contribution in [0.4, 0.5) is 10.8 Å². The summed E-state index contributed by atoms with van der Waals surface area (Å²) < 4.78 is 5.07. The fourth-order valence-corrected chi connectivity index (χ4v) is 3.58. The molecule has 2 aromatic heterocycles. The number of nitrogens with zero attached hydrogens (tertiary/aromatic N) is 2. The van der Waals surface area contributed by atoms with E-state index >= 15 is 0 Å². The molecule has 3 aromatic rings. The van der Waals surface area contributed by atoms with Crippen molar-refractivity contribution < 1.29 is 14.0 Å². The first-order valence-corrected chi connectivity index (χ1v) is 9.43. The Morgan fingerprint density at radius 3 is 2.73 bits per heavy atom. The largest absolute Gasteiger partial charge is 0.459 e. The number of rotatable bonds is 6. The van der Waals surface area contributed by atoms with E-state index < -0.39 is 0 Å². The van der Waals surface area contributed by atoms with E-state index in [1.54, 1.807) is 18.2 Å². The van der Waals surface area contributed by atoms with Crippen molar-refractivity contribution in [3.8, 4) is 0 Å². The van der Waals surface area contributed by atoms with Gasteiger partial charge in [0.25, 0.3) is 5.91 Å². The lowest BCUT2D eigenvalue weighted by atomic mass is 10.3. The average molecular weight is 388 g/mol. The number of carbonyl (C=O) groups is 2. The van der Waals surface area contributed by atoms with E-state index in [2.05, 4.69) is 20.8 Å². The van der Waals surface area contributed by atoms with Gasteiger partial charge in [0.15, 0.2) is 5.76 Å². The minimum atomic E-state index is -0.338. The lowest BCUT2D eigenvalue weighted by Gasteiger charge is -2.11. The number of hydrogen-bond acceptors (Lipinski definition) is 7. The Labute approximate surface area is 158 Å². The molecule has 1 atom stereocenters. The first kappa shape index (κ1) is 18.2. The van der Waals surface area contributed by atoms with E-state index in [0.717, 1.165) is 9.90 Å². The summed E-state index contributed by atoms with van der Waals surface area (Å²) in [5.74, 6) is -0.242. The molecular weight excluding hydrogens is 372 g/mol. The van der Waals surface area contributed by atoms with Crippen LogP contribution in [0.15, 0.2) is 52.0 Å². The standard InChI is InChI=1S/C17H16N4O3S2/c1-10(15(22)19-17-21-20-11(2)26-17)25-13-6-3-5-12(9-13)18-16(23)14-7-4-8-24-14/h3-10H,1-2H3,(H,18,23)(H,19,21,22). The molecule has 134 valence electrons. The highest BCUT2D eigenvalue weighted by Crippen LogP contribution is 2.27. The van der Waals surface area contributed by atoms with Crippen molar-refractivity contribution in [2.45, 2.75) is 24.0 Å². The van der Waals surface area contributed by atoms with E-state index in [1.165, 1.54) is 29.4 Å². The monoisotopic (exact) mass is 388 g/mol. The highest BCUT2D eigenvalue weighted by molar-refractivity contribution is 8.00. The predicted octanol–water partition coefficient (Wildman–Crippen LogP) is 3.81. The second kappa shape index (κ2) is 8.15. The zero-order valence-corrected chi connectivity index (χ0v) is 15.7. The van der Waals surface area contributed by atoms with E-state index in [9.17, 15) is 9.59 Å². The van der Waals surface area contributed by atoms with Crippen molar-refractivity contribution in [1.29, 1.82) is 0 Å². The lowest BCUT2D eigenvalue weighted by molar-refractivity contribution is -0.115. The van der Waals surface area contributed by atoms with Gasteiger partial charge in [0.05, 0.1) is 11.5 Å². The van der Waals surface area contributed by atoms with Crippen molar-refractivity contribution in [3.05, 3.63) is 53.4 Å². The Kier molecular flexibility index (Phi) is 5.69. The molecule has 0 saturated carbocycles. The molecule has 26 heavy (non-hydrogen) atoms. The van der Waals surface area contributed by atoms with Gasteiger partial charge in [-0.3, -0.25) is 14.9 Å². The van der Waals surface area contributed by atoms with Crippen LogP contribution in [0.1, 0.15) is 22.5 Å². The van der Waals surface area contributed by atoms with Crippen molar-refractivity contribution >= 4 is 45.7 Å². The van der Waals surface area contributed by atoms with Crippen LogP contribution in [0.3, 0.4) is 0 Å². The second-order valence-corrected chi connectivity index (χ2v) is 7.93. The van der Waals surface area contributed by atoms with Crippen LogP contribution in [-0.2, 0) is 4.79 Å². The molecule has 9 heteroatoms. The third-order valence-corrected chi connectivity index (χ3v) is 5.12. The molecule has 0 saturated heterocycles. The SMILES string of the molecule is Cc1nnc(NC(=O)C(C)Sc2cccc(NC(=O)c3ccco3)c2)s1. The number of furan rings is 1. The molecule has 2 heterocycles. The minimum absolute atomic E-state index is 0.156. The van der Waals surface area contributed by atoms with Gasteiger partial charge >= 0.3 is 0 Å². The summed E-state index contributed by atoms with van der Waals surface area (Å²) in [6.07, 6.45) is 1.45. The molecule has 0 fully saturated rings. The molecule has 0 spiro atoms. The zero-order valence-electron chi connectivity index (χ0n) is 14.1. The van der Waals surface area contributed by atoms with Gasteiger partial charge in [-0.05, 0) is 44.2 Å². The van der Waals surface area contributed by atoms with Gasteiger partial charge in [-0.15, -0.1) is 22.0 Å². The second-order valence-electron chi connectivity index (χ2n) is 5.33. The summed E-state index contributed by atoms with van der Waals surface area (Å²) in [6, 6.07) is 10.5. The molecule has 1 unspecified atom stereocenters. The van der Waals surface area contributed by atoms with Crippen molar-refractivity contribution in [3.63, 3.8) is 0 Å². The van der Waals surface area contributed by atoms with Crippen LogP contribution in [0.25, 0.3) is 0 Å². The minimum Gasteiger partial charge on any atom is -0.459 e. The first-order chi connectivity index (χ1) is 12.5. The Morgan fingerprint density at radius 2 is 2.04 bits per heavy atom. The number of anilines is 2. The quantitative estimate of drug-likeness (QED) is 0.623. The molecule has 0 aliphatic rings. The van der Waals surface area contributed by atoms with E-state index in [4.69, 9.17) is 4.42 Å². The van der Waals surface area contributed by atoms with E-state index in [0.29, 0.717) is 10.8 Å². The molecule has 7 nitrogen and oxygen atoms in total. The van der Waals surface area contributed by atoms with Crippen LogP contribution < -0.4 is 10.6 Å². The van der Waals surface area contributed by atoms with Crippen LogP contribution in [0, 0.1) is 6.92 Å². The molecular formula is C17H16N4O3S2. The van der Waals surface area contributed by atoms with Gasteiger partial charge in [-0.2, -0.15) is 0 Å². The molecule has 1 aromatic carbocycles. The van der Waals surface area contributed by atoms with Gasteiger partial charge in [-0.1, -0.05) is 17.4 Å². The number of aryl methyl sites for hydroxylation is 1. The van der Waals surface area contributed by atoms with E-state index in [1.807, 2.05) is 32.0 Å². The maximum atomic E-state index is 12.3. The fourth-order valence-electron chi connectivity index (χ4n) is 2.06. The zero-order chi connectivity index (χ0) is 18.5. The molecule has 3 rings (SSSR count). The van der Waals surface area contributed by atoms with Gasteiger partial charge in [0.2, 0.25) is 11.0 Å². The summed E-state index contributed by atoms with van der Waals surface area (Å²) in [4.78, 5) is 25.2.